The van der Waals surface area contributed by atoms with Gasteiger partial charge in [-0.25, -0.2) is 0 Å². The van der Waals surface area contributed by atoms with E-state index in [0.29, 0.717) is 31.3 Å². The highest BCUT2D eigenvalue weighted by molar-refractivity contribution is 5.96. The molecule has 2 heterocycles. The number of aromatic nitrogens is 2. The van der Waals surface area contributed by atoms with Gasteiger partial charge in [0.2, 0.25) is 17.6 Å². The second kappa shape index (κ2) is 10.6. The first-order valence-electron chi connectivity index (χ1n) is 12.2. The van der Waals surface area contributed by atoms with Crippen LogP contribution in [0.2, 0.25) is 0 Å². The molecular weight excluding hydrogens is 438 g/mol. The van der Waals surface area contributed by atoms with Crippen LogP contribution >= 0.6 is 0 Å². The Bertz CT molecular complexity index is 1250. The van der Waals surface area contributed by atoms with Gasteiger partial charge in [-0.1, -0.05) is 61.0 Å². The van der Waals surface area contributed by atoms with Gasteiger partial charge in [0.25, 0.3) is 0 Å². The lowest BCUT2D eigenvalue weighted by molar-refractivity contribution is -0.117. The molecule has 6 heteroatoms. The summed E-state index contributed by atoms with van der Waals surface area (Å²) in [6, 6.07) is 26.0. The van der Waals surface area contributed by atoms with E-state index < -0.39 is 0 Å². The van der Waals surface area contributed by atoms with Crippen LogP contribution in [-0.2, 0) is 17.8 Å². The number of benzene rings is 3. The van der Waals surface area contributed by atoms with Crippen molar-refractivity contribution >= 4 is 11.6 Å². The Hall–Kier alpha value is -3.93. The van der Waals surface area contributed by atoms with Gasteiger partial charge < -0.3 is 14.2 Å². The third-order valence-electron chi connectivity index (χ3n) is 6.34. The number of carbonyl (C=O) groups is 1. The minimum Gasteiger partial charge on any atom is -0.489 e. The van der Waals surface area contributed by atoms with Crippen LogP contribution in [-0.4, -0.2) is 22.6 Å². The van der Waals surface area contributed by atoms with Crippen LogP contribution in [0, 0.1) is 0 Å². The summed E-state index contributed by atoms with van der Waals surface area (Å²) in [4.78, 5) is 19.1. The third kappa shape index (κ3) is 5.43. The molecule has 0 N–H and O–H groups in total. The molecule has 0 radical (unpaired) electrons. The highest BCUT2D eigenvalue weighted by Gasteiger charge is 2.35. The van der Waals surface area contributed by atoms with Crippen LogP contribution in [0.4, 0.5) is 5.69 Å². The van der Waals surface area contributed by atoms with Crippen LogP contribution in [0.5, 0.6) is 5.75 Å². The molecule has 3 aromatic carbocycles. The maximum atomic E-state index is 12.7. The fraction of sp³-hybridized carbons (Fsp3) is 0.276. The molecule has 178 valence electrons. The van der Waals surface area contributed by atoms with E-state index in [4.69, 9.17) is 9.26 Å². The molecule has 1 aliphatic rings. The zero-order valence-electron chi connectivity index (χ0n) is 19.9. The number of aryl methyl sites for hydroxylation is 1. The Morgan fingerprint density at radius 2 is 1.74 bits per heavy atom. The SMILES string of the molecule is CCCCc1ccc(N2CC(c3nc(-c4ccc(OCc5ccccc5)cc4)no3)CC2=O)cc1. The molecule has 0 bridgehead atoms. The van der Waals surface area contributed by atoms with Crippen molar-refractivity contribution in [1.29, 1.82) is 0 Å². The van der Waals surface area contributed by atoms with Crippen molar-refractivity contribution in [1.82, 2.24) is 10.1 Å². The van der Waals surface area contributed by atoms with Crippen molar-refractivity contribution in [3.63, 3.8) is 0 Å². The highest BCUT2D eigenvalue weighted by atomic mass is 16.5. The van der Waals surface area contributed by atoms with E-state index in [9.17, 15) is 4.79 Å². The standard InChI is InChI=1S/C29H29N3O3/c1-2-3-7-21-10-14-25(15-11-21)32-19-24(18-27(32)33)29-30-28(31-35-29)23-12-16-26(17-13-23)34-20-22-8-5-4-6-9-22/h4-6,8-17,24H,2-3,7,18-20H2,1H3. The van der Waals surface area contributed by atoms with Gasteiger partial charge in [0, 0.05) is 24.2 Å². The van der Waals surface area contributed by atoms with Crippen LogP contribution < -0.4 is 9.64 Å². The van der Waals surface area contributed by atoms with Crippen molar-refractivity contribution in [2.75, 3.05) is 11.4 Å². The minimum atomic E-state index is -0.114. The van der Waals surface area contributed by atoms with Crippen LogP contribution in [0.25, 0.3) is 11.4 Å². The maximum Gasteiger partial charge on any atom is 0.232 e. The molecule has 1 amide bonds. The Balaban J connectivity index is 1.21. The molecule has 35 heavy (non-hydrogen) atoms. The molecule has 0 saturated carbocycles. The summed E-state index contributed by atoms with van der Waals surface area (Å²) >= 11 is 0. The Labute approximate surface area is 205 Å². The Morgan fingerprint density at radius 1 is 0.971 bits per heavy atom. The first-order valence-corrected chi connectivity index (χ1v) is 12.2. The van der Waals surface area contributed by atoms with E-state index >= 15 is 0 Å². The Morgan fingerprint density at radius 3 is 2.49 bits per heavy atom. The highest BCUT2D eigenvalue weighted by Crippen LogP contribution is 2.32. The van der Waals surface area contributed by atoms with Crippen LogP contribution in [0.3, 0.4) is 0 Å². The molecule has 4 aromatic rings. The van der Waals surface area contributed by atoms with Gasteiger partial charge in [-0.15, -0.1) is 0 Å². The van der Waals surface area contributed by atoms with Gasteiger partial charge in [0.05, 0.1) is 5.92 Å². The van der Waals surface area contributed by atoms with Gasteiger partial charge in [-0.3, -0.25) is 4.79 Å². The molecule has 0 spiro atoms. The van der Waals surface area contributed by atoms with Gasteiger partial charge in [0.15, 0.2) is 0 Å². The summed E-state index contributed by atoms with van der Waals surface area (Å²) in [7, 11) is 0. The predicted molar refractivity (Wildman–Crippen MR) is 135 cm³/mol. The molecule has 1 aliphatic heterocycles. The molecule has 5 rings (SSSR count). The fourth-order valence-electron chi connectivity index (χ4n) is 4.31. The summed E-state index contributed by atoms with van der Waals surface area (Å²) < 4.78 is 11.4. The summed E-state index contributed by atoms with van der Waals surface area (Å²) in [6.07, 6.45) is 3.78. The molecule has 0 aliphatic carbocycles. The smallest absolute Gasteiger partial charge is 0.232 e. The molecule has 1 unspecified atom stereocenters. The number of nitrogens with zero attached hydrogens (tertiary/aromatic N) is 3. The number of unbranched alkanes of at least 4 members (excludes halogenated alkanes) is 1. The number of amides is 1. The fourth-order valence-corrected chi connectivity index (χ4v) is 4.31. The molecule has 6 nitrogen and oxygen atoms in total. The number of hydrogen-bond acceptors (Lipinski definition) is 5. The number of hydrogen-bond donors (Lipinski definition) is 0. The number of rotatable bonds is 9. The predicted octanol–water partition coefficient (Wildman–Crippen LogP) is 6.18. The Kier molecular flexibility index (Phi) is 6.89. The molecule has 1 fully saturated rings. The maximum absolute atomic E-state index is 12.7. The van der Waals surface area contributed by atoms with E-state index in [2.05, 4.69) is 29.2 Å². The average Bonchev–Trinajstić information content (AvgIpc) is 3.55. The monoisotopic (exact) mass is 467 g/mol. The van der Waals surface area contributed by atoms with Gasteiger partial charge in [-0.2, -0.15) is 4.98 Å². The number of anilines is 1. The zero-order valence-corrected chi connectivity index (χ0v) is 19.9. The molecule has 1 saturated heterocycles. The van der Waals surface area contributed by atoms with E-state index in [0.717, 1.165) is 29.0 Å². The lowest BCUT2D eigenvalue weighted by Crippen LogP contribution is -2.24. The first kappa shape index (κ1) is 22.8. The lowest BCUT2D eigenvalue weighted by atomic mass is 10.1. The number of carbonyl (C=O) groups excluding carboxylic acids is 1. The largest absolute Gasteiger partial charge is 0.489 e. The van der Waals surface area contributed by atoms with Gasteiger partial charge in [-0.05, 0) is 60.4 Å². The van der Waals surface area contributed by atoms with Crippen molar-refractivity contribution in [3.8, 4) is 17.1 Å². The summed E-state index contributed by atoms with van der Waals surface area (Å²) in [6.45, 7) is 3.25. The summed E-state index contributed by atoms with van der Waals surface area (Å²) in [5, 5.41) is 4.16. The van der Waals surface area contributed by atoms with Crippen LogP contribution in [0.15, 0.2) is 83.4 Å². The van der Waals surface area contributed by atoms with Crippen molar-refractivity contribution in [2.24, 2.45) is 0 Å². The normalized spacial score (nSPS) is 15.5. The quantitative estimate of drug-likeness (QED) is 0.294. The molecule has 1 aromatic heterocycles. The molecule has 1 atom stereocenters. The van der Waals surface area contributed by atoms with Crippen molar-refractivity contribution in [2.45, 2.75) is 45.1 Å². The lowest BCUT2D eigenvalue weighted by Gasteiger charge is -2.16. The van der Waals surface area contributed by atoms with E-state index in [-0.39, 0.29) is 11.8 Å². The zero-order chi connectivity index (χ0) is 24.0. The van der Waals surface area contributed by atoms with Crippen molar-refractivity contribution in [3.05, 3.63) is 95.9 Å². The third-order valence-corrected chi connectivity index (χ3v) is 6.34. The van der Waals surface area contributed by atoms with E-state index in [1.807, 2.05) is 71.6 Å². The van der Waals surface area contributed by atoms with Crippen molar-refractivity contribution < 1.29 is 14.1 Å². The van der Waals surface area contributed by atoms with Gasteiger partial charge >= 0.3 is 0 Å². The second-order valence-electron chi connectivity index (χ2n) is 8.93. The topological polar surface area (TPSA) is 68.5 Å². The minimum absolute atomic E-state index is 0.0796. The van der Waals surface area contributed by atoms with E-state index in [1.165, 1.54) is 18.4 Å². The average molecular weight is 468 g/mol. The van der Waals surface area contributed by atoms with Gasteiger partial charge in [0.1, 0.15) is 12.4 Å². The summed E-state index contributed by atoms with van der Waals surface area (Å²) in [5.74, 6) is 1.76. The molecular formula is C29H29N3O3. The van der Waals surface area contributed by atoms with E-state index in [1.54, 1.807) is 0 Å². The van der Waals surface area contributed by atoms with Crippen LogP contribution in [0.1, 0.15) is 49.1 Å². The first-order chi connectivity index (χ1) is 17.2. The second-order valence-corrected chi connectivity index (χ2v) is 8.93. The number of ether oxygens (including phenoxy) is 1. The summed E-state index contributed by atoms with van der Waals surface area (Å²) in [5.41, 5.74) is 4.18.